The van der Waals surface area contributed by atoms with Crippen LogP contribution in [0.3, 0.4) is 0 Å². The van der Waals surface area contributed by atoms with Gasteiger partial charge in [0.25, 0.3) is 0 Å². The van der Waals surface area contributed by atoms with Crippen LogP contribution >= 0.6 is 0 Å². The highest BCUT2D eigenvalue weighted by Crippen LogP contribution is 2.11. The molecular formula is C15H18O3. The molecule has 0 N–H and O–H groups in total. The zero-order valence-electron chi connectivity index (χ0n) is 11.0. The number of carbonyl (C=O) groups excluding carboxylic acids is 2. The van der Waals surface area contributed by atoms with Gasteiger partial charge in [-0.1, -0.05) is 50.3 Å². The van der Waals surface area contributed by atoms with Gasteiger partial charge in [-0.25, -0.2) is 0 Å². The Balaban J connectivity index is 2.66. The Bertz CT molecular complexity index is 441. The second-order valence-electron chi connectivity index (χ2n) is 4.32. The number of benzene rings is 1. The minimum absolute atomic E-state index is 0.00529. The molecule has 0 fully saturated rings. The molecule has 0 aliphatic carbocycles. The molecule has 0 radical (unpaired) electrons. The lowest BCUT2D eigenvalue weighted by Crippen LogP contribution is -2.06. The van der Waals surface area contributed by atoms with E-state index in [2.05, 4.69) is 4.74 Å². The Labute approximate surface area is 107 Å². The molecule has 0 atom stereocenters. The summed E-state index contributed by atoms with van der Waals surface area (Å²) in [7, 11) is 1.36. The Morgan fingerprint density at radius 2 is 1.83 bits per heavy atom. The van der Waals surface area contributed by atoms with E-state index < -0.39 is 0 Å². The monoisotopic (exact) mass is 246 g/mol. The van der Waals surface area contributed by atoms with Gasteiger partial charge < -0.3 is 4.74 Å². The van der Waals surface area contributed by atoms with Gasteiger partial charge in [0.2, 0.25) is 0 Å². The highest BCUT2D eigenvalue weighted by atomic mass is 16.5. The number of Topliss-reactive ketones (excluding diaryl/α,β-unsaturated/α-hetero) is 1. The van der Waals surface area contributed by atoms with Crippen molar-refractivity contribution in [3.8, 4) is 0 Å². The van der Waals surface area contributed by atoms with Crippen molar-refractivity contribution in [2.45, 2.75) is 20.3 Å². The summed E-state index contributed by atoms with van der Waals surface area (Å²) in [6, 6.07) is 7.34. The zero-order chi connectivity index (χ0) is 13.5. The van der Waals surface area contributed by atoms with E-state index in [0.29, 0.717) is 0 Å². The largest absolute Gasteiger partial charge is 0.469 e. The van der Waals surface area contributed by atoms with Gasteiger partial charge in [-0.3, -0.25) is 9.59 Å². The van der Waals surface area contributed by atoms with Crippen LogP contribution in [0.4, 0.5) is 0 Å². The first-order chi connectivity index (χ1) is 8.54. The smallest absolute Gasteiger partial charge is 0.309 e. The molecule has 0 aliphatic heterocycles. The number of ketones is 1. The summed E-state index contributed by atoms with van der Waals surface area (Å²) < 4.78 is 4.53. The maximum atomic E-state index is 11.7. The molecule has 0 saturated heterocycles. The van der Waals surface area contributed by atoms with Crippen LogP contribution in [-0.4, -0.2) is 18.9 Å². The average Bonchev–Trinajstić information content (AvgIpc) is 2.38. The molecule has 0 heterocycles. The first-order valence-electron chi connectivity index (χ1n) is 5.92. The number of rotatable bonds is 5. The van der Waals surface area contributed by atoms with Crippen molar-refractivity contribution >= 4 is 17.8 Å². The van der Waals surface area contributed by atoms with Gasteiger partial charge in [-0.2, -0.15) is 0 Å². The van der Waals surface area contributed by atoms with E-state index in [1.807, 2.05) is 32.1 Å². The lowest BCUT2D eigenvalue weighted by molar-refractivity contribution is -0.139. The summed E-state index contributed by atoms with van der Waals surface area (Å²) >= 11 is 0. The summed E-state index contributed by atoms with van der Waals surface area (Å²) in [6.07, 6.45) is 3.83. The van der Waals surface area contributed by atoms with Gasteiger partial charge in [0.15, 0.2) is 5.78 Å². The Kier molecular flexibility index (Phi) is 5.31. The topological polar surface area (TPSA) is 43.4 Å². The highest BCUT2D eigenvalue weighted by molar-refractivity contribution is 5.97. The van der Waals surface area contributed by atoms with Crippen LogP contribution in [0.25, 0.3) is 6.08 Å². The average molecular weight is 246 g/mol. The predicted molar refractivity (Wildman–Crippen MR) is 71.3 cm³/mol. The van der Waals surface area contributed by atoms with Gasteiger partial charge >= 0.3 is 5.97 Å². The molecule has 96 valence electrons. The van der Waals surface area contributed by atoms with Crippen LogP contribution in [0.2, 0.25) is 0 Å². The van der Waals surface area contributed by atoms with Crippen LogP contribution in [0, 0.1) is 5.92 Å². The van der Waals surface area contributed by atoms with E-state index in [0.717, 1.165) is 11.1 Å². The van der Waals surface area contributed by atoms with E-state index in [1.165, 1.54) is 7.11 Å². The summed E-state index contributed by atoms with van der Waals surface area (Å²) in [5.41, 5.74) is 1.68. The second-order valence-corrected chi connectivity index (χ2v) is 4.32. The molecule has 3 heteroatoms. The summed E-state index contributed by atoms with van der Waals surface area (Å²) in [5.74, 6) is -0.122. The molecule has 0 spiro atoms. The van der Waals surface area contributed by atoms with Gasteiger partial charge in [-0.15, -0.1) is 0 Å². The van der Waals surface area contributed by atoms with Gasteiger partial charge in [0.05, 0.1) is 13.5 Å². The molecule has 0 aliphatic rings. The standard InChI is InChI=1S/C15H18O3/c1-11(2)15(17)13-9-7-12(8-10-13)5-4-6-14(16)18-3/h4-5,7-11H,6H2,1-3H3. The van der Waals surface area contributed by atoms with Crippen molar-refractivity contribution < 1.29 is 14.3 Å². The first-order valence-corrected chi connectivity index (χ1v) is 5.92. The third-order valence-corrected chi connectivity index (χ3v) is 2.54. The molecule has 0 amide bonds. The third kappa shape index (κ3) is 4.17. The van der Waals surface area contributed by atoms with Crippen LogP contribution in [0.15, 0.2) is 30.3 Å². The zero-order valence-corrected chi connectivity index (χ0v) is 11.0. The maximum Gasteiger partial charge on any atom is 0.309 e. The Morgan fingerprint density at radius 3 is 2.33 bits per heavy atom. The molecule has 3 nitrogen and oxygen atoms in total. The van der Waals surface area contributed by atoms with Crippen LogP contribution < -0.4 is 0 Å². The van der Waals surface area contributed by atoms with E-state index >= 15 is 0 Å². The Morgan fingerprint density at radius 1 is 1.22 bits per heavy atom. The lowest BCUT2D eigenvalue weighted by atomic mass is 10.00. The minimum Gasteiger partial charge on any atom is -0.469 e. The predicted octanol–water partition coefficient (Wildman–Crippen LogP) is 3.10. The molecule has 0 unspecified atom stereocenters. The summed E-state index contributed by atoms with van der Waals surface area (Å²) in [6.45, 7) is 3.76. The van der Waals surface area contributed by atoms with E-state index in [-0.39, 0.29) is 24.1 Å². The molecule has 0 bridgehead atoms. The van der Waals surface area contributed by atoms with E-state index in [4.69, 9.17) is 0 Å². The molecule has 1 aromatic rings. The molecule has 0 saturated carbocycles. The molecule has 0 aromatic heterocycles. The van der Waals surface area contributed by atoms with Crippen molar-refractivity contribution in [2.24, 2.45) is 5.92 Å². The molecule has 1 rings (SSSR count). The third-order valence-electron chi connectivity index (χ3n) is 2.54. The molecular weight excluding hydrogens is 228 g/mol. The molecule has 1 aromatic carbocycles. The first kappa shape index (κ1) is 14.2. The van der Waals surface area contributed by atoms with Crippen LogP contribution in [0.5, 0.6) is 0 Å². The van der Waals surface area contributed by atoms with Gasteiger partial charge in [0, 0.05) is 11.5 Å². The van der Waals surface area contributed by atoms with E-state index in [1.54, 1.807) is 18.2 Å². The highest BCUT2D eigenvalue weighted by Gasteiger charge is 2.09. The van der Waals surface area contributed by atoms with Gasteiger partial charge in [0.1, 0.15) is 0 Å². The fraction of sp³-hybridized carbons (Fsp3) is 0.333. The van der Waals surface area contributed by atoms with Crippen molar-refractivity contribution in [1.29, 1.82) is 0 Å². The quantitative estimate of drug-likeness (QED) is 0.592. The molecule has 18 heavy (non-hydrogen) atoms. The number of methoxy groups -OCH3 is 1. The normalized spacial score (nSPS) is 10.9. The number of ether oxygens (including phenoxy) is 1. The summed E-state index contributed by atoms with van der Waals surface area (Å²) in [5, 5.41) is 0. The lowest BCUT2D eigenvalue weighted by Gasteiger charge is -2.04. The van der Waals surface area contributed by atoms with Crippen LogP contribution in [-0.2, 0) is 9.53 Å². The minimum atomic E-state index is -0.266. The van der Waals surface area contributed by atoms with Crippen molar-refractivity contribution in [3.63, 3.8) is 0 Å². The number of carbonyl (C=O) groups is 2. The Hall–Kier alpha value is -1.90. The number of hydrogen-bond donors (Lipinski definition) is 0. The number of hydrogen-bond acceptors (Lipinski definition) is 3. The van der Waals surface area contributed by atoms with Crippen molar-refractivity contribution in [1.82, 2.24) is 0 Å². The number of esters is 1. The van der Waals surface area contributed by atoms with Crippen molar-refractivity contribution in [3.05, 3.63) is 41.5 Å². The fourth-order valence-corrected chi connectivity index (χ4v) is 1.47. The van der Waals surface area contributed by atoms with Crippen molar-refractivity contribution in [2.75, 3.05) is 7.11 Å². The van der Waals surface area contributed by atoms with Gasteiger partial charge in [-0.05, 0) is 5.56 Å². The van der Waals surface area contributed by atoms with E-state index in [9.17, 15) is 9.59 Å². The SMILES string of the molecule is COC(=O)CC=Cc1ccc(C(=O)C(C)C)cc1. The second kappa shape index (κ2) is 6.74. The maximum absolute atomic E-state index is 11.7. The van der Waals surface area contributed by atoms with Crippen LogP contribution in [0.1, 0.15) is 36.2 Å². The summed E-state index contributed by atoms with van der Waals surface area (Å²) in [4.78, 5) is 22.6. The fourth-order valence-electron chi connectivity index (χ4n) is 1.47.